The van der Waals surface area contributed by atoms with Crippen LogP contribution < -0.4 is 5.32 Å². The van der Waals surface area contributed by atoms with Gasteiger partial charge < -0.3 is 10.2 Å². The molecule has 0 radical (unpaired) electrons. The summed E-state index contributed by atoms with van der Waals surface area (Å²) in [5, 5.41) is 10.6. The predicted octanol–water partition coefficient (Wildman–Crippen LogP) is 2.93. The Kier molecular flexibility index (Phi) is 6.16. The summed E-state index contributed by atoms with van der Waals surface area (Å²) in [5.74, 6) is 0.688. The molecule has 1 heterocycles. The first-order valence-electron chi connectivity index (χ1n) is 8.05. The largest absolute Gasteiger partial charge is 0.318 e. The van der Waals surface area contributed by atoms with Gasteiger partial charge in [-0.25, -0.2) is 0 Å². The van der Waals surface area contributed by atoms with E-state index in [4.69, 9.17) is 0 Å². The Balaban J connectivity index is 2.08. The third-order valence-corrected chi connectivity index (χ3v) is 3.77. The first-order valence-corrected chi connectivity index (χ1v) is 8.05. The second-order valence-corrected chi connectivity index (χ2v) is 6.40. The molecule has 0 fully saturated rings. The highest BCUT2D eigenvalue weighted by molar-refractivity contribution is 5.62. The van der Waals surface area contributed by atoms with Gasteiger partial charge in [0.2, 0.25) is 0 Å². The number of H-pyrrole nitrogens is 1. The van der Waals surface area contributed by atoms with Gasteiger partial charge in [-0.05, 0) is 32.0 Å². The molecular formula is C18H28N4. The maximum absolute atomic E-state index is 4.44. The highest BCUT2D eigenvalue weighted by Crippen LogP contribution is 2.23. The summed E-state index contributed by atoms with van der Waals surface area (Å²) in [6, 6.07) is 8.81. The molecule has 1 aromatic heterocycles. The maximum atomic E-state index is 4.44. The maximum Gasteiger partial charge on any atom is 0.0965 e. The number of nitrogens with one attached hydrogen (secondary N) is 2. The van der Waals surface area contributed by atoms with Gasteiger partial charge in [0.25, 0.3) is 0 Å². The molecule has 22 heavy (non-hydrogen) atoms. The highest BCUT2D eigenvalue weighted by Gasteiger charge is 2.10. The Morgan fingerprint density at radius 2 is 1.95 bits per heavy atom. The van der Waals surface area contributed by atoms with Crippen LogP contribution in [0.4, 0.5) is 0 Å². The second kappa shape index (κ2) is 8.11. The fourth-order valence-corrected chi connectivity index (χ4v) is 2.63. The van der Waals surface area contributed by atoms with E-state index in [0.29, 0.717) is 5.92 Å². The van der Waals surface area contributed by atoms with Crippen LogP contribution in [-0.2, 0) is 13.0 Å². The average molecular weight is 300 g/mol. The van der Waals surface area contributed by atoms with Crippen molar-refractivity contribution < 1.29 is 0 Å². The number of aromatic nitrogens is 2. The Hall–Kier alpha value is -1.65. The Labute approximate surface area is 133 Å². The molecule has 0 saturated carbocycles. The van der Waals surface area contributed by atoms with Crippen LogP contribution in [0, 0.1) is 5.92 Å². The minimum Gasteiger partial charge on any atom is -0.318 e. The van der Waals surface area contributed by atoms with E-state index in [-0.39, 0.29) is 0 Å². The lowest BCUT2D eigenvalue weighted by atomic mass is 10.00. The lowest BCUT2D eigenvalue weighted by molar-refractivity contribution is 0.328. The van der Waals surface area contributed by atoms with Crippen LogP contribution in [0.3, 0.4) is 0 Å². The van der Waals surface area contributed by atoms with Crippen molar-refractivity contribution in [3.8, 4) is 11.3 Å². The number of hydrogen-bond donors (Lipinski definition) is 2. The smallest absolute Gasteiger partial charge is 0.0965 e. The molecule has 120 valence electrons. The van der Waals surface area contributed by atoms with Gasteiger partial charge in [-0.1, -0.05) is 38.1 Å². The van der Waals surface area contributed by atoms with Crippen molar-refractivity contribution in [2.75, 3.05) is 27.2 Å². The van der Waals surface area contributed by atoms with Crippen LogP contribution in [0.5, 0.6) is 0 Å². The molecule has 0 aliphatic rings. The van der Waals surface area contributed by atoms with Gasteiger partial charge in [0.1, 0.15) is 0 Å². The average Bonchev–Trinajstić information content (AvgIpc) is 2.93. The van der Waals surface area contributed by atoms with E-state index in [0.717, 1.165) is 31.7 Å². The Morgan fingerprint density at radius 3 is 2.59 bits per heavy atom. The van der Waals surface area contributed by atoms with Crippen LogP contribution in [0.1, 0.15) is 25.0 Å². The fraction of sp³-hybridized carbons (Fsp3) is 0.500. The molecule has 0 bridgehead atoms. The van der Waals surface area contributed by atoms with E-state index in [1.165, 1.54) is 16.7 Å². The van der Waals surface area contributed by atoms with E-state index in [9.17, 15) is 0 Å². The molecule has 4 heteroatoms. The van der Waals surface area contributed by atoms with Gasteiger partial charge in [-0.15, -0.1) is 0 Å². The lowest BCUT2D eigenvalue weighted by Crippen LogP contribution is -2.26. The number of likely N-dealkylation sites (N-methyl/N-ethyl adjacent to an activating group) is 2. The van der Waals surface area contributed by atoms with Crippen molar-refractivity contribution >= 4 is 0 Å². The van der Waals surface area contributed by atoms with Crippen LogP contribution in [0.2, 0.25) is 0 Å². The predicted molar refractivity (Wildman–Crippen MR) is 92.8 cm³/mol. The molecular weight excluding hydrogens is 272 g/mol. The topological polar surface area (TPSA) is 44.0 Å². The zero-order valence-electron chi connectivity index (χ0n) is 14.2. The van der Waals surface area contributed by atoms with Gasteiger partial charge in [0.05, 0.1) is 5.69 Å². The first kappa shape index (κ1) is 16.7. The van der Waals surface area contributed by atoms with Gasteiger partial charge in [-0.3, -0.25) is 5.10 Å². The molecule has 0 atom stereocenters. The quantitative estimate of drug-likeness (QED) is 0.788. The summed E-state index contributed by atoms with van der Waals surface area (Å²) >= 11 is 0. The summed E-state index contributed by atoms with van der Waals surface area (Å²) < 4.78 is 0. The SMILES string of the molecule is CNCCN(C)Cc1c[nH]nc1-c1ccc(CC(C)C)cc1. The third-order valence-electron chi connectivity index (χ3n) is 3.77. The van der Waals surface area contributed by atoms with Crippen molar-refractivity contribution in [2.45, 2.75) is 26.8 Å². The van der Waals surface area contributed by atoms with Crippen molar-refractivity contribution in [2.24, 2.45) is 5.92 Å². The van der Waals surface area contributed by atoms with Gasteiger partial charge in [0.15, 0.2) is 0 Å². The molecule has 0 unspecified atom stereocenters. The second-order valence-electron chi connectivity index (χ2n) is 6.40. The minimum absolute atomic E-state index is 0.688. The van der Waals surface area contributed by atoms with Crippen LogP contribution in [0.15, 0.2) is 30.5 Å². The van der Waals surface area contributed by atoms with E-state index >= 15 is 0 Å². The molecule has 0 saturated heterocycles. The zero-order valence-corrected chi connectivity index (χ0v) is 14.2. The van der Waals surface area contributed by atoms with Crippen LogP contribution in [-0.4, -0.2) is 42.3 Å². The lowest BCUT2D eigenvalue weighted by Gasteiger charge is -2.16. The number of rotatable bonds is 8. The standard InChI is InChI=1S/C18H28N4/c1-14(2)11-15-5-7-16(8-6-15)18-17(12-20-21-18)13-22(4)10-9-19-3/h5-8,12,14,19H,9-11,13H2,1-4H3,(H,20,21). The number of aromatic amines is 1. The van der Waals surface area contributed by atoms with Crippen LogP contribution >= 0.6 is 0 Å². The molecule has 2 aromatic rings. The van der Waals surface area contributed by atoms with Gasteiger partial charge >= 0.3 is 0 Å². The summed E-state index contributed by atoms with van der Waals surface area (Å²) in [6.07, 6.45) is 3.13. The molecule has 2 rings (SSSR count). The minimum atomic E-state index is 0.688. The van der Waals surface area contributed by atoms with Crippen molar-refractivity contribution in [1.29, 1.82) is 0 Å². The summed E-state index contributed by atoms with van der Waals surface area (Å²) in [5.41, 5.74) is 4.88. The van der Waals surface area contributed by atoms with E-state index in [1.54, 1.807) is 0 Å². The molecule has 0 aliphatic heterocycles. The van der Waals surface area contributed by atoms with Gasteiger partial charge in [-0.2, -0.15) is 5.10 Å². The molecule has 4 nitrogen and oxygen atoms in total. The third kappa shape index (κ3) is 4.68. The number of benzene rings is 1. The molecule has 2 N–H and O–H groups in total. The fourth-order valence-electron chi connectivity index (χ4n) is 2.63. The van der Waals surface area contributed by atoms with Crippen molar-refractivity contribution in [3.63, 3.8) is 0 Å². The molecule has 0 aliphatic carbocycles. The normalized spacial score (nSPS) is 11.5. The molecule has 0 spiro atoms. The summed E-state index contributed by atoms with van der Waals surface area (Å²) in [7, 11) is 4.12. The van der Waals surface area contributed by atoms with Crippen molar-refractivity contribution in [3.05, 3.63) is 41.6 Å². The number of nitrogens with zero attached hydrogens (tertiary/aromatic N) is 2. The highest BCUT2D eigenvalue weighted by atomic mass is 15.1. The van der Waals surface area contributed by atoms with Gasteiger partial charge in [0, 0.05) is 37.0 Å². The Bertz CT molecular complexity index is 557. The molecule has 0 amide bonds. The van der Waals surface area contributed by atoms with Crippen molar-refractivity contribution in [1.82, 2.24) is 20.4 Å². The summed E-state index contributed by atoms with van der Waals surface area (Å²) in [6.45, 7) is 7.42. The Morgan fingerprint density at radius 1 is 1.23 bits per heavy atom. The number of hydrogen-bond acceptors (Lipinski definition) is 3. The monoisotopic (exact) mass is 300 g/mol. The van der Waals surface area contributed by atoms with E-state index in [1.807, 2.05) is 13.2 Å². The first-order chi connectivity index (χ1) is 10.6. The summed E-state index contributed by atoms with van der Waals surface area (Å²) in [4.78, 5) is 2.30. The van der Waals surface area contributed by atoms with E-state index in [2.05, 4.69) is 65.6 Å². The van der Waals surface area contributed by atoms with Crippen LogP contribution in [0.25, 0.3) is 11.3 Å². The van der Waals surface area contributed by atoms with E-state index < -0.39 is 0 Å². The zero-order chi connectivity index (χ0) is 15.9. The molecule has 1 aromatic carbocycles.